The first-order valence-electron chi connectivity index (χ1n) is 26.3. The average Bonchev–Trinajstić information content (AvgIpc) is 4.12. The number of primary amides is 1. The molecule has 1 aliphatic rings. The molecule has 1 aliphatic heterocycles. The second-order valence-electron chi connectivity index (χ2n) is 19.7. The van der Waals surface area contributed by atoms with Gasteiger partial charge >= 0.3 is 11.9 Å². The third kappa shape index (κ3) is 19.7. The normalized spacial score (nSPS) is 16.0. The number of carbonyl (C=O) groups excluding carboxylic acids is 10. The highest BCUT2D eigenvalue weighted by Crippen LogP contribution is 2.21. The number of unbranched alkanes of at least 4 members (excludes halogenated alkanes) is 1. The van der Waals surface area contributed by atoms with Crippen LogP contribution in [0.5, 0.6) is 5.75 Å². The summed E-state index contributed by atoms with van der Waals surface area (Å²) in [7, 11) is 0. The van der Waals surface area contributed by atoms with Gasteiger partial charge in [0.25, 0.3) is 5.91 Å². The van der Waals surface area contributed by atoms with Crippen molar-refractivity contribution in [2.45, 2.75) is 133 Å². The number of aromatic hydroxyl groups is 1. The molecule has 0 radical (unpaired) electrons. The fourth-order valence-corrected chi connectivity index (χ4v) is 8.76. The lowest BCUT2D eigenvalue weighted by atomic mass is 9.97. The fraction of sp³-hybridized carbons (Fsp3) is 0.500. The molecule has 3 aromatic rings. The summed E-state index contributed by atoms with van der Waals surface area (Å²) < 4.78 is 0. The summed E-state index contributed by atoms with van der Waals surface area (Å²) in [6.07, 6.45) is 2.16. The number of carboxylic acid groups (broad SMARTS) is 2. The third-order valence-electron chi connectivity index (χ3n) is 13.4. The number of nitrogens with one attached hydrogen (secondary N) is 9. The van der Waals surface area contributed by atoms with E-state index in [1.807, 2.05) is 24.3 Å². The van der Waals surface area contributed by atoms with Crippen LogP contribution >= 0.6 is 0 Å². The molecule has 0 aliphatic carbocycles. The minimum Gasteiger partial charge on any atom is -0.508 e. The number of hydrogen-bond acceptors (Lipinski definition) is 13. The zero-order chi connectivity index (χ0) is 59.2. The van der Waals surface area contributed by atoms with Crippen molar-refractivity contribution in [1.29, 1.82) is 0 Å². The summed E-state index contributed by atoms with van der Waals surface area (Å²) in [5.41, 5.74) is 15.2. The molecule has 1 aromatic heterocycles. The molecule has 4 rings (SSSR count). The third-order valence-corrected chi connectivity index (χ3v) is 13.4. The maximum absolute atomic E-state index is 13.9. The van der Waals surface area contributed by atoms with Gasteiger partial charge in [-0.25, -0.2) is 4.79 Å². The molecule has 436 valence electrons. The number of benzene rings is 2. The Balaban J connectivity index is 1.38. The summed E-state index contributed by atoms with van der Waals surface area (Å²) in [5, 5.41) is 49.4. The summed E-state index contributed by atoms with van der Waals surface area (Å²) in [4.78, 5) is 161. The van der Waals surface area contributed by atoms with Crippen molar-refractivity contribution < 1.29 is 84.3 Å². The number of phenolic OH excluding ortho intramolecular Hbond substituents is 1. The van der Waals surface area contributed by atoms with Crippen LogP contribution in [0.2, 0.25) is 0 Å². The number of carbonyl (C=O) groups is 12. The number of nitrogens with zero attached hydrogens (tertiary/aromatic N) is 1. The zero-order valence-electron chi connectivity index (χ0n) is 45.0. The van der Waals surface area contributed by atoms with Gasteiger partial charge in [-0.2, -0.15) is 0 Å². The number of aromatic nitrogens is 1. The molecule has 10 amide bonds. The number of likely N-dealkylation sites (tertiary alicyclic amines) is 1. The van der Waals surface area contributed by atoms with Gasteiger partial charge in [0.2, 0.25) is 53.2 Å². The van der Waals surface area contributed by atoms with Crippen LogP contribution in [-0.4, -0.2) is 171 Å². The Morgan fingerprint density at radius 3 is 2.02 bits per heavy atom. The molecule has 0 spiro atoms. The second-order valence-corrected chi connectivity index (χ2v) is 19.7. The van der Waals surface area contributed by atoms with Crippen molar-refractivity contribution in [3.05, 3.63) is 65.9 Å². The van der Waals surface area contributed by atoms with Crippen LogP contribution in [-0.2, 0) is 70.4 Å². The Bertz CT molecular complexity index is 2720. The van der Waals surface area contributed by atoms with Crippen LogP contribution in [0, 0.1) is 5.92 Å². The van der Waals surface area contributed by atoms with Gasteiger partial charge in [0.05, 0.1) is 32.5 Å². The number of amides is 10. The molecule has 0 saturated carbocycles. The Labute approximate surface area is 460 Å². The molecule has 2 heterocycles. The standard InChI is InChI=1S/C52H73N13O15/c1-4-27(2)44(50(77)60-35(52(79)80)12-7-8-18-53)64-42(69)26-57-41(68)25-58-47(74)36(20-29-14-16-31(66)17-15-29)62-48(75)37(23-43(70)71)61-45(72)28(3)59-49(76)39-13-9-19-65(39)51(78)38(22-40(55)67)63-46(73)33(54)21-30-24-56-34-11-6-5-10-32(30)34/h5-6,10-11,14-17,24,27-28,33,35-39,44,56,66H,4,7-9,12-13,18-23,25-26,53-54H2,1-3H3,(H2,55,67)(H,57,68)(H,58,74)(H,59,76)(H,60,77)(H,61,72)(H,62,75)(H,63,73)(H,64,69)(H,70,71)(H,79,80)/p+2/t27-,28-,33-,35-,36-,37-,38-,39-,44-/m0/s1. The first-order chi connectivity index (χ1) is 37.9. The van der Waals surface area contributed by atoms with Crippen molar-refractivity contribution in [3.63, 3.8) is 0 Å². The average molecular weight is 1120 g/mol. The molecule has 9 atom stereocenters. The monoisotopic (exact) mass is 1120 g/mol. The topological polar surface area (TPSA) is 462 Å². The van der Waals surface area contributed by atoms with Crippen LogP contribution in [0.25, 0.3) is 10.9 Å². The number of aliphatic carboxylic acids is 2. The lowest BCUT2D eigenvalue weighted by Crippen LogP contribution is -2.70. The molecule has 0 unspecified atom stereocenters. The van der Waals surface area contributed by atoms with E-state index in [9.17, 15) is 72.9 Å². The lowest BCUT2D eigenvalue weighted by molar-refractivity contribution is -0.403. The Morgan fingerprint density at radius 1 is 0.725 bits per heavy atom. The van der Waals surface area contributed by atoms with Gasteiger partial charge in [0.1, 0.15) is 48.0 Å². The number of nitrogens with two attached hydrogens (primary N) is 1. The largest absolute Gasteiger partial charge is 0.508 e. The van der Waals surface area contributed by atoms with Gasteiger partial charge in [-0.15, -0.1) is 0 Å². The Hall–Kier alpha value is -8.66. The summed E-state index contributed by atoms with van der Waals surface area (Å²) in [5.74, 6) is -12.2. The highest BCUT2D eigenvalue weighted by Gasteiger charge is 2.40. The fourth-order valence-electron chi connectivity index (χ4n) is 8.76. The second kappa shape index (κ2) is 31.1. The molecule has 2 aromatic carbocycles. The highest BCUT2D eigenvalue weighted by atomic mass is 16.4. The maximum atomic E-state index is 13.9. The number of rotatable bonds is 32. The van der Waals surface area contributed by atoms with Gasteiger partial charge in [-0.1, -0.05) is 50.6 Å². The van der Waals surface area contributed by atoms with Crippen LogP contribution in [0.15, 0.2) is 54.7 Å². The predicted molar refractivity (Wildman–Crippen MR) is 283 cm³/mol. The number of H-pyrrole nitrogens is 1. The van der Waals surface area contributed by atoms with Crippen LogP contribution in [0.3, 0.4) is 0 Å². The van der Waals surface area contributed by atoms with E-state index in [4.69, 9.17) is 5.73 Å². The molecule has 1 saturated heterocycles. The molecule has 1 fully saturated rings. The van der Waals surface area contributed by atoms with Crippen molar-refractivity contribution >= 4 is 81.9 Å². The van der Waals surface area contributed by atoms with Gasteiger partial charge in [-0.3, -0.25) is 52.7 Å². The van der Waals surface area contributed by atoms with Gasteiger partial charge in [-0.05, 0) is 74.3 Å². The molecule has 0 bridgehead atoms. The van der Waals surface area contributed by atoms with Crippen molar-refractivity contribution in [2.24, 2.45) is 11.7 Å². The van der Waals surface area contributed by atoms with E-state index in [1.54, 1.807) is 20.0 Å². The van der Waals surface area contributed by atoms with Crippen LogP contribution in [0.4, 0.5) is 0 Å². The minimum atomic E-state index is -1.86. The van der Waals surface area contributed by atoms with Crippen molar-refractivity contribution in [3.8, 4) is 5.75 Å². The summed E-state index contributed by atoms with van der Waals surface area (Å²) in [6, 6.07) is 2.06. The number of fused-ring (bicyclic) bond motifs is 1. The predicted octanol–water partition coefficient (Wildman–Crippen LogP) is -4.69. The van der Waals surface area contributed by atoms with Gasteiger partial charge in [0.15, 0.2) is 6.04 Å². The van der Waals surface area contributed by atoms with E-state index >= 15 is 0 Å². The van der Waals surface area contributed by atoms with E-state index in [1.165, 1.54) is 31.2 Å². The molecule has 80 heavy (non-hydrogen) atoms. The van der Waals surface area contributed by atoms with Crippen LogP contribution in [0.1, 0.15) is 83.3 Å². The summed E-state index contributed by atoms with van der Waals surface area (Å²) >= 11 is 0. The molecule has 28 heteroatoms. The molecular weight excluding hydrogens is 1050 g/mol. The van der Waals surface area contributed by atoms with E-state index in [0.717, 1.165) is 21.4 Å². The summed E-state index contributed by atoms with van der Waals surface area (Å²) in [6.45, 7) is 3.86. The minimum absolute atomic E-state index is 0.0326. The number of aromatic amines is 1. The number of quaternary nitrogens is 2. The highest BCUT2D eigenvalue weighted by molar-refractivity contribution is 5.99. The van der Waals surface area contributed by atoms with E-state index in [-0.39, 0.29) is 38.0 Å². The number of phenols is 1. The van der Waals surface area contributed by atoms with E-state index in [2.05, 4.69) is 59.0 Å². The quantitative estimate of drug-likeness (QED) is 0.0261. The Morgan fingerprint density at radius 2 is 1.38 bits per heavy atom. The molecule has 20 N–H and O–H groups in total. The maximum Gasteiger partial charge on any atom is 0.326 e. The molecular formula is C52H75N13O15+2. The van der Waals surface area contributed by atoms with E-state index < -0.39 is 151 Å². The smallest absolute Gasteiger partial charge is 0.326 e. The SMILES string of the molecule is CC[C@H](C)[C@H](NC(=O)CNC(=O)CNC(=O)[C@H](Cc1ccc(O)cc1)NC(=O)[C@H](CC(=O)O)NC(=O)[C@H](C)NC(=O)[C@@H]1CCCN1C(=O)[C@H](CC(N)=O)NC(=O)[C@@H]([NH3+])Cc1c[nH]c2ccccc12)C(=O)N[C@@H](CCCC[NH3+])C(=O)O. The molecule has 28 nitrogen and oxygen atoms in total. The first-order valence-corrected chi connectivity index (χ1v) is 26.3. The van der Waals surface area contributed by atoms with Gasteiger partial charge < -0.3 is 84.9 Å². The van der Waals surface area contributed by atoms with Crippen LogP contribution < -0.4 is 59.7 Å². The number of carboxylic acids is 2. The van der Waals surface area contributed by atoms with Crippen molar-refractivity contribution in [2.75, 3.05) is 26.2 Å². The van der Waals surface area contributed by atoms with Gasteiger partial charge in [0, 0.05) is 36.5 Å². The first kappa shape index (κ1) is 63.9. The lowest BCUT2D eigenvalue weighted by Gasteiger charge is -2.29. The van der Waals surface area contributed by atoms with Crippen molar-refractivity contribution in [1.82, 2.24) is 52.4 Å². The Kier molecular flexibility index (Phi) is 24.8. The zero-order valence-corrected chi connectivity index (χ0v) is 45.0. The number of para-hydroxylation sites is 1. The van der Waals surface area contributed by atoms with E-state index in [0.29, 0.717) is 37.8 Å². The number of hydrogen-bond donors (Lipinski definition) is 15.